The Kier molecular flexibility index (Phi) is 5.67. The highest BCUT2D eigenvalue weighted by atomic mass is 16.3. The Bertz CT molecular complexity index is 234. The van der Waals surface area contributed by atoms with E-state index in [0.717, 1.165) is 25.7 Å². The van der Waals surface area contributed by atoms with Crippen LogP contribution in [0, 0.1) is 5.41 Å². The van der Waals surface area contributed by atoms with Crippen LogP contribution in [0.3, 0.4) is 0 Å². The molecule has 0 aromatic heterocycles. The molecule has 0 saturated heterocycles. The summed E-state index contributed by atoms with van der Waals surface area (Å²) in [6.07, 6.45) is 9.38. The number of aliphatic hydroxyl groups excluding tert-OH is 1. The predicted octanol–water partition coefficient (Wildman–Crippen LogP) is 3.83. The lowest BCUT2D eigenvalue weighted by molar-refractivity contribution is -0.0272. The zero-order chi connectivity index (χ0) is 13.8. The summed E-state index contributed by atoms with van der Waals surface area (Å²) < 4.78 is 0. The summed E-state index contributed by atoms with van der Waals surface area (Å²) in [5.74, 6) is 0. The minimum Gasteiger partial charge on any atom is -0.391 e. The molecular weight excluding hydrogens is 222 g/mol. The zero-order valence-corrected chi connectivity index (χ0v) is 13.1. The van der Waals surface area contributed by atoms with Crippen molar-refractivity contribution in [1.29, 1.82) is 0 Å². The van der Waals surface area contributed by atoms with Crippen LogP contribution in [0.4, 0.5) is 0 Å². The Balaban J connectivity index is 2.70. The molecule has 0 heterocycles. The lowest BCUT2D eigenvalue weighted by atomic mass is 9.78. The Morgan fingerprint density at radius 1 is 1.06 bits per heavy atom. The van der Waals surface area contributed by atoms with Gasteiger partial charge in [-0.25, -0.2) is 0 Å². The molecule has 0 aromatic carbocycles. The number of hydrogen-bond acceptors (Lipinski definition) is 2. The van der Waals surface area contributed by atoms with E-state index in [1.807, 2.05) is 0 Å². The highest BCUT2D eigenvalue weighted by Crippen LogP contribution is 2.37. The molecule has 1 aliphatic carbocycles. The summed E-state index contributed by atoms with van der Waals surface area (Å²) in [6.45, 7) is 6.78. The van der Waals surface area contributed by atoms with Crippen molar-refractivity contribution >= 4 is 0 Å². The van der Waals surface area contributed by atoms with Gasteiger partial charge in [0.05, 0.1) is 6.10 Å². The molecule has 108 valence electrons. The van der Waals surface area contributed by atoms with Crippen molar-refractivity contribution in [2.75, 3.05) is 14.1 Å². The van der Waals surface area contributed by atoms with Gasteiger partial charge in [0.2, 0.25) is 0 Å². The van der Waals surface area contributed by atoms with Crippen molar-refractivity contribution in [2.45, 2.75) is 83.8 Å². The monoisotopic (exact) mass is 255 g/mol. The molecule has 0 aliphatic heterocycles. The SMILES string of the molecule is CN(C)C1(C(O)CCC(C)(C)C)CCCCCC1. The summed E-state index contributed by atoms with van der Waals surface area (Å²) in [7, 11) is 4.29. The quantitative estimate of drug-likeness (QED) is 0.772. The first kappa shape index (κ1) is 16.0. The van der Waals surface area contributed by atoms with Gasteiger partial charge in [0.25, 0.3) is 0 Å². The highest BCUT2D eigenvalue weighted by molar-refractivity contribution is 4.96. The number of nitrogens with zero attached hydrogens (tertiary/aromatic N) is 1. The first-order valence-corrected chi connectivity index (χ1v) is 7.63. The third kappa shape index (κ3) is 4.24. The summed E-state index contributed by atoms with van der Waals surface area (Å²) in [4.78, 5) is 2.30. The van der Waals surface area contributed by atoms with Gasteiger partial charge in [-0.15, -0.1) is 0 Å². The average molecular weight is 255 g/mol. The van der Waals surface area contributed by atoms with Crippen molar-refractivity contribution < 1.29 is 5.11 Å². The first-order valence-electron chi connectivity index (χ1n) is 7.63. The number of aliphatic hydroxyl groups is 1. The van der Waals surface area contributed by atoms with E-state index < -0.39 is 0 Å². The highest BCUT2D eigenvalue weighted by Gasteiger charge is 2.40. The fourth-order valence-electron chi connectivity index (χ4n) is 3.26. The molecule has 2 nitrogen and oxygen atoms in total. The third-order valence-electron chi connectivity index (χ3n) is 4.65. The van der Waals surface area contributed by atoms with Gasteiger partial charge in [0.1, 0.15) is 0 Å². The van der Waals surface area contributed by atoms with Crippen LogP contribution in [0.5, 0.6) is 0 Å². The fourth-order valence-corrected chi connectivity index (χ4v) is 3.26. The van der Waals surface area contributed by atoms with Gasteiger partial charge >= 0.3 is 0 Å². The predicted molar refractivity (Wildman–Crippen MR) is 78.8 cm³/mol. The molecule has 1 unspecified atom stereocenters. The summed E-state index contributed by atoms with van der Waals surface area (Å²) in [5, 5.41) is 10.7. The van der Waals surface area contributed by atoms with E-state index in [1.165, 1.54) is 25.7 Å². The molecule has 0 radical (unpaired) electrons. The molecule has 0 amide bonds. The van der Waals surface area contributed by atoms with Gasteiger partial charge in [-0.2, -0.15) is 0 Å². The maximum absolute atomic E-state index is 10.7. The minimum absolute atomic E-state index is 0.0295. The van der Waals surface area contributed by atoms with Gasteiger partial charge in [-0.1, -0.05) is 46.5 Å². The molecule has 1 rings (SSSR count). The molecule has 1 atom stereocenters. The van der Waals surface area contributed by atoms with E-state index in [4.69, 9.17) is 0 Å². The molecule has 0 aromatic rings. The normalized spacial score (nSPS) is 22.8. The molecule has 18 heavy (non-hydrogen) atoms. The second kappa shape index (κ2) is 6.38. The van der Waals surface area contributed by atoms with Gasteiger partial charge in [0.15, 0.2) is 0 Å². The summed E-state index contributed by atoms with van der Waals surface area (Å²) in [6, 6.07) is 0. The van der Waals surface area contributed by atoms with Crippen molar-refractivity contribution in [3.05, 3.63) is 0 Å². The Morgan fingerprint density at radius 3 is 1.94 bits per heavy atom. The van der Waals surface area contributed by atoms with E-state index in [1.54, 1.807) is 0 Å². The lowest BCUT2D eigenvalue weighted by Crippen LogP contribution is -2.53. The summed E-state index contributed by atoms with van der Waals surface area (Å²) >= 11 is 0. The molecule has 0 bridgehead atoms. The molecule has 0 spiro atoms. The van der Waals surface area contributed by atoms with Crippen molar-refractivity contribution in [3.63, 3.8) is 0 Å². The number of rotatable bonds is 4. The van der Waals surface area contributed by atoms with Crippen molar-refractivity contribution in [3.8, 4) is 0 Å². The van der Waals surface area contributed by atoms with Crippen LogP contribution in [0.15, 0.2) is 0 Å². The maximum Gasteiger partial charge on any atom is 0.0723 e. The summed E-state index contributed by atoms with van der Waals surface area (Å²) in [5.41, 5.74) is 0.348. The molecule has 1 fully saturated rings. The third-order valence-corrected chi connectivity index (χ3v) is 4.65. The van der Waals surface area contributed by atoms with Crippen molar-refractivity contribution in [2.24, 2.45) is 5.41 Å². The number of likely N-dealkylation sites (N-methyl/N-ethyl adjacent to an activating group) is 1. The van der Waals surface area contributed by atoms with E-state index in [9.17, 15) is 5.11 Å². The standard InChI is InChI=1S/C16H33NO/c1-15(2,3)13-10-14(18)16(17(4)5)11-8-6-7-9-12-16/h14,18H,6-13H2,1-5H3. The maximum atomic E-state index is 10.7. The van der Waals surface area contributed by atoms with E-state index >= 15 is 0 Å². The van der Waals surface area contributed by atoms with E-state index in [0.29, 0.717) is 5.41 Å². The molecule has 1 aliphatic rings. The van der Waals surface area contributed by atoms with Crippen molar-refractivity contribution in [1.82, 2.24) is 4.90 Å². The molecule has 2 heteroatoms. The van der Waals surface area contributed by atoms with Gasteiger partial charge in [0, 0.05) is 5.54 Å². The minimum atomic E-state index is -0.176. The zero-order valence-electron chi connectivity index (χ0n) is 13.1. The van der Waals surface area contributed by atoms with E-state index in [2.05, 4.69) is 39.8 Å². The molecule has 1 N–H and O–H groups in total. The van der Waals surface area contributed by atoms with Crippen LogP contribution in [0.2, 0.25) is 0 Å². The largest absolute Gasteiger partial charge is 0.391 e. The van der Waals surface area contributed by atoms with Gasteiger partial charge in [-0.05, 0) is 45.2 Å². The smallest absolute Gasteiger partial charge is 0.0723 e. The molecular formula is C16H33NO. The van der Waals surface area contributed by atoms with E-state index in [-0.39, 0.29) is 11.6 Å². The first-order chi connectivity index (χ1) is 8.28. The Labute approximate surface area is 114 Å². The van der Waals surface area contributed by atoms with Crippen LogP contribution >= 0.6 is 0 Å². The van der Waals surface area contributed by atoms with Crippen LogP contribution in [-0.4, -0.2) is 35.7 Å². The van der Waals surface area contributed by atoms with Crippen LogP contribution in [0.25, 0.3) is 0 Å². The lowest BCUT2D eigenvalue weighted by Gasteiger charge is -2.44. The fraction of sp³-hybridized carbons (Fsp3) is 1.00. The van der Waals surface area contributed by atoms with Crippen LogP contribution in [0.1, 0.15) is 72.1 Å². The molecule has 1 saturated carbocycles. The Morgan fingerprint density at radius 2 is 1.56 bits per heavy atom. The number of hydrogen-bond donors (Lipinski definition) is 1. The van der Waals surface area contributed by atoms with Crippen LogP contribution < -0.4 is 0 Å². The Hall–Kier alpha value is -0.0800. The average Bonchev–Trinajstić information content (AvgIpc) is 2.51. The van der Waals surface area contributed by atoms with Gasteiger partial charge < -0.3 is 10.0 Å². The van der Waals surface area contributed by atoms with Gasteiger partial charge in [-0.3, -0.25) is 0 Å². The van der Waals surface area contributed by atoms with Crippen LogP contribution in [-0.2, 0) is 0 Å². The second-order valence-electron chi connectivity index (χ2n) is 7.53. The second-order valence-corrected chi connectivity index (χ2v) is 7.53. The topological polar surface area (TPSA) is 23.5 Å².